The molecule has 2 aliphatic heterocycles. The van der Waals surface area contributed by atoms with Crippen molar-refractivity contribution >= 4 is 16.0 Å². The SMILES string of the molecule is CN=C(NCC1CCN(S(=O)(=O)C(F)F)CC1)N1CCCC(C)C1. The number of piperidine rings is 2. The van der Waals surface area contributed by atoms with E-state index in [4.69, 9.17) is 0 Å². The number of nitrogens with one attached hydrogen (secondary N) is 1. The second-order valence-electron chi connectivity index (χ2n) is 6.77. The van der Waals surface area contributed by atoms with Gasteiger partial charge in [-0.25, -0.2) is 8.42 Å². The Morgan fingerprint density at radius 3 is 2.46 bits per heavy atom. The summed E-state index contributed by atoms with van der Waals surface area (Å²) in [5.41, 5.74) is 0. The molecule has 2 heterocycles. The van der Waals surface area contributed by atoms with Crippen LogP contribution in [0.25, 0.3) is 0 Å². The summed E-state index contributed by atoms with van der Waals surface area (Å²) >= 11 is 0. The zero-order valence-electron chi connectivity index (χ0n) is 14.4. The molecule has 1 atom stereocenters. The monoisotopic (exact) mass is 366 g/mol. The smallest absolute Gasteiger partial charge is 0.350 e. The highest BCUT2D eigenvalue weighted by atomic mass is 32.2. The van der Waals surface area contributed by atoms with Crippen LogP contribution >= 0.6 is 0 Å². The fourth-order valence-electron chi connectivity index (χ4n) is 3.43. The molecule has 2 aliphatic rings. The number of likely N-dealkylation sites (tertiary alicyclic amines) is 1. The number of hydrogen-bond acceptors (Lipinski definition) is 3. The van der Waals surface area contributed by atoms with Crippen molar-refractivity contribution in [3.8, 4) is 0 Å². The number of nitrogens with zero attached hydrogens (tertiary/aromatic N) is 3. The van der Waals surface area contributed by atoms with E-state index in [2.05, 4.69) is 22.1 Å². The molecule has 9 heteroatoms. The van der Waals surface area contributed by atoms with Gasteiger partial charge in [-0.1, -0.05) is 6.92 Å². The average molecular weight is 366 g/mol. The van der Waals surface area contributed by atoms with Crippen LogP contribution in [0.4, 0.5) is 8.78 Å². The molecule has 0 saturated carbocycles. The highest BCUT2D eigenvalue weighted by molar-refractivity contribution is 7.89. The van der Waals surface area contributed by atoms with Crippen molar-refractivity contribution in [3.63, 3.8) is 0 Å². The first-order valence-electron chi connectivity index (χ1n) is 8.57. The summed E-state index contributed by atoms with van der Waals surface area (Å²) in [4.78, 5) is 6.59. The first kappa shape index (κ1) is 19.4. The molecule has 2 rings (SSSR count). The number of rotatable bonds is 4. The van der Waals surface area contributed by atoms with E-state index in [0.717, 1.165) is 29.8 Å². The van der Waals surface area contributed by atoms with Crippen LogP contribution in [0.2, 0.25) is 0 Å². The first-order chi connectivity index (χ1) is 11.3. The third-order valence-electron chi connectivity index (χ3n) is 4.88. The Hall–Kier alpha value is -0.960. The number of halogens is 2. The van der Waals surface area contributed by atoms with E-state index in [0.29, 0.717) is 25.3 Å². The average Bonchev–Trinajstić information content (AvgIpc) is 2.56. The van der Waals surface area contributed by atoms with Gasteiger partial charge in [-0.2, -0.15) is 13.1 Å². The maximum Gasteiger partial charge on any atom is 0.350 e. The summed E-state index contributed by atoms with van der Waals surface area (Å²) in [7, 11) is -2.67. The largest absolute Gasteiger partial charge is 0.356 e. The third kappa shape index (κ3) is 4.78. The minimum Gasteiger partial charge on any atom is -0.356 e. The summed E-state index contributed by atoms with van der Waals surface area (Å²) in [6.45, 7) is 5.25. The molecule has 0 bridgehead atoms. The molecule has 0 aliphatic carbocycles. The number of guanidine groups is 1. The van der Waals surface area contributed by atoms with Crippen LogP contribution in [-0.2, 0) is 10.0 Å². The normalized spacial score (nSPS) is 25.3. The van der Waals surface area contributed by atoms with Gasteiger partial charge in [0.25, 0.3) is 10.0 Å². The van der Waals surface area contributed by atoms with Gasteiger partial charge >= 0.3 is 5.76 Å². The van der Waals surface area contributed by atoms with Gasteiger partial charge < -0.3 is 10.2 Å². The van der Waals surface area contributed by atoms with Crippen molar-refractivity contribution in [2.45, 2.75) is 38.4 Å². The topological polar surface area (TPSA) is 65.0 Å². The number of hydrogen-bond donors (Lipinski definition) is 1. The quantitative estimate of drug-likeness (QED) is 0.606. The predicted octanol–water partition coefficient (Wildman–Crippen LogP) is 1.56. The Kier molecular flexibility index (Phi) is 6.79. The molecule has 0 aromatic heterocycles. The zero-order valence-corrected chi connectivity index (χ0v) is 15.2. The minimum absolute atomic E-state index is 0.165. The summed E-state index contributed by atoms with van der Waals surface area (Å²) in [5.74, 6) is -1.52. The van der Waals surface area contributed by atoms with Gasteiger partial charge in [0.2, 0.25) is 0 Å². The molecular weight excluding hydrogens is 338 g/mol. The van der Waals surface area contributed by atoms with Crippen molar-refractivity contribution in [2.75, 3.05) is 39.8 Å². The number of alkyl halides is 2. The lowest BCUT2D eigenvalue weighted by atomic mass is 9.98. The maximum absolute atomic E-state index is 12.6. The highest BCUT2D eigenvalue weighted by Crippen LogP contribution is 2.22. The van der Waals surface area contributed by atoms with E-state index in [-0.39, 0.29) is 19.0 Å². The van der Waals surface area contributed by atoms with Crippen LogP contribution in [0.5, 0.6) is 0 Å². The van der Waals surface area contributed by atoms with Gasteiger partial charge in [-0.3, -0.25) is 4.99 Å². The number of sulfonamides is 1. The second-order valence-corrected chi connectivity index (χ2v) is 8.67. The lowest BCUT2D eigenvalue weighted by molar-refractivity contribution is 0.203. The molecule has 2 saturated heterocycles. The van der Waals surface area contributed by atoms with E-state index >= 15 is 0 Å². The van der Waals surface area contributed by atoms with E-state index in [9.17, 15) is 17.2 Å². The molecule has 140 valence electrons. The molecule has 6 nitrogen and oxygen atoms in total. The van der Waals surface area contributed by atoms with Crippen molar-refractivity contribution in [1.29, 1.82) is 0 Å². The summed E-state index contributed by atoms with van der Waals surface area (Å²) in [6, 6.07) is 0. The Bertz CT molecular complexity index is 534. The summed E-state index contributed by atoms with van der Waals surface area (Å²) < 4.78 is 49.0. The molecule has 0 aromatic rings. The van der Waals surface area contributed by atoms with E-state index in [1.54, 1.807) is 7.05 Å². The molecular formula is C15H28F2N4O2S. The molecule has 0 radical (unpaired) electrons. The van der Waals surface area contributed by atoms with Crippen molar-refractivity contribution < 1.29 is 17.2 Å². The summed E-state index contributed by atoms with van der Waals surface area (Å²) in [6.07, 6.45) is 3.58. The van der Waals surface area contributed by atoms with Gasteiger partial charge in [-0.05, 0) is 37.5 Å². The Balaban J connectivity index is 1.79. The zero-order chi connectivity index (χ0) is 17.7. The summed E-state index contributed by atoms with van der Waals surface area (Å²) in [5, 5.41) is 3.37. The standard InChI is InChI=1S/C15H28F2N4O2S/c1-12-4-3-7-20(11-12)15(18-2)19-10-13-5-8-21(9-6-13)24(22,23)14(16)17/h12-14H,3-11H2,1-2H3,(H,18,19). The molecule has 0 spiro atoms. The molecule has 2 fully saturated rings. The van der Waals surface area contributed by atoms with Gasteiger partial charge in [0.05, 0.1) is 0 Å². The van der Waals surface area contributed by atoms with Gasteiger partial charge in [-0.15, -0.1) is 0 Å². The molecule has 1 N–H and O–H groups in total. The fourth-order valence-corrected chi connectivity index (χ4v) is 4.38. The molecule has 0 aromatic carbocycles. The molecule has 1 unspecified atom stereocenters. The van der Waals surface area contributed by atoms with E-state index in [1.165, 1.54) is 6.42 Å². The van der Waals surface area contributed by atoms with Crippen molar-refractivity contribution in [2.24, 2.45) is 16.8 Å². The van der Waals surface area contributed by atoms with Crippen LogP contribution in [-0.4, -0.2) is 69.1 Å². The third-order valence-corrected chi connectivity index (χ3v) is 6.41. The van der Waals surface area contributed by atoms with Crippen LogP contribution in [0.1, 0.15) is 32.6 Å². The van der Waals surface area contributed by atoms with Gasteiger partial charge in [0.15, 0.2) is 5.96 Å². The predicted molar refractivity (Wildman–Crippen MR) is 90.6 cm³/mol. The van der Waals surface area contributed by atoms with Crippen LogP contribution in [0.15, 0.2) is 4.99 Å². The molecule has 24 heavy (non-hydrogen) atoms. The van der Waals surface area contributed by atoms with Crippen LogP contribution in [0, 0.1) is 11.8 Å². The first-order valence-corrected chi connectivity index (χ1v) is 10.1. The Morgan fingerprint density at radius 1 is 1.25 bits per heavy atom. The van der Waals surface area contributed by atoms with E-state index < -0.39 is 15.8 Å². The van der Waals surface area contributed by atoms with Gasteiger partial charge in [0.1, 0.15) is 0 Å². The number of aliphatic imine (C=N–C) groups is 1. The van der Waals surface area contributed by atoms with E-state index in [1.807, 2.05) is 0 Å². The van der Waals surface area contributed by atoms with Crippen LogP contribution < -0.4 is 5.32 Å². The maximum atomic E-state index is 12.6. The highest BCUT2D eigenvalue weighted by Gasteiger charge is 2.34. The Labute approximate surface area is 143 Å². The Morgan fingerprint density at radius 2 is 1.92 bits per heavy atom. The lowest BCUT2D eigenvalue weighted by Crippen LogP contribution is -2.48. The van der Waals surface area contributed by atoms with Crippen molar-refractivity contribution in [3.05, 3.63) is 0 Å². The van der Waals surface area contributed by atoms with Crippen molar-refractivity contribution in [1.82, 2.24) is 14.5 Å². The lowest BCUT2D eigenvalue weighted by Gasteiger charge is -2.35. The second kappa shape index (κ2) is 8.42. The fraction of sp³-hybridized carbons (Fsp3) is 0.933. The van der Waals surface area contributed by atoms with Crippen LogP contribution in [0.3, 0.4) is 0 Å². The van der Waals surface area contributed by atoms with Gasteiger partial charge in [0, 0.05) is 39.8 Å². The molecule has 0 amide bonds. The minimum atomic E-state index is -4.43.